The lowest BCUT2D eigenvalue weighted by Gasteiger charge is -2.18. The summed E-state index contributed by atoms with van der Waals surface area (Å²) in [6.45, 7) is 7.29. The van der Waals surface area contributed by atoms with Crippen LogP contribution in [-0.4, -0.2) is 66.0 Å². The Morgan fingerprint density at radius 3 is 2.72 bits per heavy atom. The summed E-state index contributed by atoms with van der Waals surface area (Å²) >= 11 is 0. The number of aryl methyl sites for hydroxylation is 2. The monoisotopic (exact) mass is 436 g/mol. The van der Waals surface area contributed by atoms with Crippen LogP contribution in [0.5, 0.6) is 0 Å². The van der Waals surface area contributed by atoms with E-state index in [4.69, 9.17) is 9.72 Å². The van der Waals surface area contributed by atoms with Gasteiger partial charge >= 0.3 is 0 Å². The van der Waals surface area contributed by atoms with Crippen LogP contribution in [-0.2, 0) is 14.3 Å². The van der Waals surface area contributed by atoms with E-state index in [9.17, 15) is 9.59 Å². The van der Waals surface area contributed by atoms with E-state index in [1.165, 1.54) is 5.56 Å². The van der Waals surface area contributed by atoms with Crippen LogP contribution >= 0.6 is 0 Å². The third-order valence-corrected chi connectivity index (χ3v) is 6.18. The second-order valence-electron chi connectivity index (χ2n) is 8.78. The lowest BCUT2D eigenvalue weighted by atomic mass is 10.0. The summed E-state index contributed by atoms with van der Waals surface area (Å²) in [5.74, 6) is 0.412. The molecule has 3 heterocycles. The summed E-state index contributed by atoms with van der Waals surface area (Å²) in [6.07, 6.45) is 2.44. The largest absolute Gasteiger partial charge is 0.370 e. The molecule has 2 aromatic rings. The van der Waals surface area contributed by atoms with Gasteiger partial charge in [0.2, 0.25) is 11.8 Å². The van der Waals surface area contributed by atoms with Gasteiger partial charge in [-0.2, -0.15) is 0 Å². The molecule has 0 radical (unpaired) electrons. The number of likely N-dealkylation sites (tertiary alicyclic amines) is 2. The average molecular weight is 437 g/mol. The number of benzene rings is 1. The molecule has 1 atom stereocenters. The van der Waals surface area contributed by atoms with Crippen molar-refractivity contribution >= 4 is 23.2 Å². The Bertz CT molecular complexity index is 960. The van der Waals surface area contributed by atoms with E-state index in [1.807, 2.05) is 22.8 Å². The number of hydrogen-bond acceptors (Lipinski definition) is 5. The average Bonchev–Trinajstić information content (AvgIpc) is 3.42. The topological polar surface area (TPSA) is 74.8 Å². The molecular weight excluding hydrogens is 404 g/mol. The Balaban J connectivity index is 1.28. The first-order chi connectivity index (χ1) is 15.5. The van der Waals surface area contributed by atoms with Gasteiger partial charge in [-0.25, -0.2) is 0 Å². The van der Waals surface area contributed by atoms with Gasteiger partial charge in [-0.3, -0.25) is 14.6 Å². The maximum absolute atomic E-state index is 12.6. The van der Waals surface area contributed by atoms with Gasteiger partial charge in [-0.15, -0.1) is 0 Å². The van der Waals surface area contributed by atoms with E-state index in [1.54, 1.807) is 0 Å². The van der Waals surface area contributed by atoms with Gasteiger partial charge in [0.25, 0.3) is 0 Å². The van der Waals surface area contributed by atoms with Crippen LogP contribution in [0.15, 0.2) is 36.4 Å². The Morgan fingerprint density at radius 1 is 1.16 bits per heavy atom. The fourth-order valence-electron chi connectivity index (χ4n) is 4.37. The minimum atomic E-state index is 0.00547. The van der Waals surface area contributed by atoms with E-state index in [2.05, 4.69) is 42.6 Å². The van der Waals surface area contributed by atoms with E-state index < -0.39 is 0 Å². The van der Waals surface area contributed by atoms with Crippen molar-refractivity contribution in [2.24, 2.45) is 0 Å². The molecule has 0 saturated carbocycles. The number of hydrogen-bond donors (Lipinski definition) is 1. The summed E-state index contributed by atoms with van der Waals surface area (Å²) in [4.78, 5) is 32.6. The van der Waals surface area contributed by atoms with Gasteiger partial charge < -0.3 is 19.9 Å². The Kier molecular flexibility index (Phi) is 7.05. The Labute approximate surface area is 189 Å². The van der Waals surface area contributed by atoms with Crippen LogP contribution in [0, 0.1) is 13.8 Å². The zero-order valence-electron chi connectivity index (χ0n) is 19.0. The molecule has 1 N–H and O–H groups in total. The van der Waals surface area contributed by atoms with E-state index in [0.717, 1.165) is 42.1 Å². The highest BCUT2D eigenvalue weighted by Crippen LogP contribution is 2.29. The predicted molar refractivity (Wildman–Crippen MR) is 124 cm³/mol. The van der Waals surface area contributed by atoms with Crippen molar-refractivity contribution in [3.63, 3.8) is 0 Å². The van der Waals surface area contributed by atoms with Crippen LogP contribution in [0.3, 0.4) is 0 Å². The van der Waals surface area contributed by atoms with Crippen molar-refractivity contribution in [2.75, 3.05) is 44.7 Å². The van der Waals surface area contributed by atoms with Crippen molar-refractivity contribution in [1.82, 2.24) is 14.8 Å². The number of ether oxygens (including phenoxy) is 1. The molecule has 0 bridgehead atoms. The molecule has 2 fully saturated rings. The standard InChI is InChI=1S/C25H32N4O3/c1-18-5-7-21(8-6-18)27-22-14-19(2)26-23(15-22)20-9-11-29(16-20)25(31)17-32-13-12-28-10-3-4-24(28)30/h5-8,14-15,20H,3-4,9-13,16-17H2,1-2H3,(H,26,27). The lowest BCUT2D eigenvalue weighted by molar-refractivity contribution is -0.135. The first-order valence-corrected chi connectivity index (χ1v) is 11.4. The molecule has 7 heteroatoms. The van der Waals surface area contributed by atoms with Crippen LogP contribution in [0.25, 0.3) is 0 Å². The summed E-state index contributed by atoms with van der Waals surface area (Å²) in [7, 11) is 0. The van der Waals surface area contributed by atoms with Crippen molar-refractivity contribution in [3.05, 3.63) is 53.3 Å². The first-order valence-electron chi connectivity index (χ1n) is 11.4. The van der Waals surface area contributed by atoms with Gasteiger partial charge in [0.1, 0.15) is 6.61 Å². The Morgan fingerprint density at radius 2 is 1.97 bits per heavy atom. The van der Waals surface area contributed by atoms with Crippen LogP contribution in [0.1, 0.15) is 42.1 Å². The second-order valence-corrected chi connectivity index (χ2v) is 8.78. The normalized spacial score (nSPS) is 18.4. The number of anilines is 2. The fraction of sp³-hybridized carbons (Fsp3) is 0.480. The van der Waals surface area contributed by atoms with Gasteiger partial charge in [-0.05, 0) is 51.0 Å². The van der Waals surface area contributed by atoms with Crippen LogP contribution in [0.2, 0.25) is 0 Å². The summed E-state index contributed by atoms with van der Waals surface area (Å²) in [5.41, 5.74) is 5.26. The fourth-order valence-corrected chi connectivity index (χ4v) is 4.37. The molecule has 0 spiro atoms. The zero-order chi connectivity index (χ0) is 22.5. The molecule has 1 aromatic heterocycles. The Hall–Kier alpha value is -2.93. The molecule has 0 aliphatic carbocycles. The quantitative estimate of drug-likeness (QED) is 0.642. The predicted octanol–water partition coefficient (Wildman–Crippen LogP) is 3.40. The third-order valence-electron chi connectivity index (χ3n) is 6.18. The van der Waals surface area contributed by atoms with E-state index in [0.29, 0.717) is 32.7 Å². The summed E-state index contributed by atoms with van der Waals surface area (Å²) in [5, 5.41) is 3.46. The second kappa shape index (κ2) is 10.1. The molecule has 4 rings (SSSR count). The van der Waals surface area contributed by atoms with Crippen LogP contribution in [0.4, 0.5) is 11.4 Å². The number of rotatable bonds is 8. The van der Waals surface area contributed by atoms with Crippen molar-refractivity contribution in [2.45, 2.75) is 39.0 Å². The molecule has 1 aromatic carbocycles. The maximum Gasteiger partial charge on any atom is 0.248 e. The summed E-state index contributed by atoms with van der Waals surface area (Å²) in [6, 6.07) is 12.4. The first kappa shape index (κ1) is 22.3. The zero-order valence-corrected chi connectivity index (χ0v) is 19.0. The van der Waals surface area contributed by atoms with Gasteiger partial charge in [0.15, 0.2) is 0 Å². The molecule has 32 heavy (non-hydrogen) atoms. The number of nitrogens with zero attached hydrogens (tertiary/aromatic N) is 3. The number of carbonyl (C=O) groups excluding carboxylic acids is 2. The molecule has 7 nitrogen and oxygen atoms in total. The molecule has 2 amide bonds. The minimum absolute atomic E-state index is 0.00547. The number of aromatic nitrogens is 1. The number of amides is 2. The van der Waals surface area contributed by atoms with Gasteiger partial charge in [0, 0.05) is 61.3 Å². The molecule has 2 aliphatic rings. The van der Waals surface area contributed by atoms with Gasteiger partial charge in [-0.1, -0.05) is 17.7 Å². The SMILES string of the molecule is Cc1ccc(Nc2cc(C)nc(C3CCN(C(=O)COCCN4CCCC4=O)C3)c2)cc1. The minimum Gasteiger partial charge on any atom is -0.370 e. The molecule has 1 unspecified atom stereocenters. The molecule has 170 valence electrons. The maximum atomic E-state index is 12.6. The lowest BCUT2D eigenvalue weighted by Crippen LogP contribution is -2.34. The highest BCUT2D eigenvalue weighted by atomic mass is 16.5. The highest BCUT2D eigenvalue weighted by Gasteiger charge is 2.28. The van der Waals surface area contributed by atoms with E-state index in [-0.39, 0.29) is 24.3 Å². The summed E-state index contributed by atoms with van der Waals surface area (Å²) < 4.78 is 5.56. The van der Waals surface area contributed by atoms with Gasteiger partial charge in [0.05, 0.1) is 6.61 Å². The van der Waals surface area contributed by atoms with Crippen LogP contribution < -0.4 is 5.32 Å². The van der Waals surface area contributed by atoms with E-state index >= 15 is 0 Å². The molecular formula is C25H32N4O3. The van der Waals surface area contributed by atoms with Crippen molar-refractivity contribution in [1.29, 1.82) is 0 Å². The van der Waals surface area contributed by atoms with Crippen molar-refractivity contribution in [3.8, 4) is 0 Å². The number of nitrogens with one attached hydrogen (secondary N) is 1. The third kappa shape index (κ3) is 5.65. The van der Waals surface area contributed by atoms with Crippen molar-refractivity contribution < 1.29 is 14.3 Å². The smallest absolute Gasteiger partial charge is 0.248 e. The molecule has 2 saturated heterocycles. The number of pyridine rings is 1. The number of carbonyl (C=O) groups is 2. The highest BCUT2D eigenvalue weighted by molar-refractivity contribution is 5.78. The molecule has 2 aliphatic heterocycles.